The summed E-state index contributed by atoms with van der Waals surface area (Å²) in [6.07, 6.45) is 0.810. The molecule has 6 nitrogen and oxygen atoms in total. The van der Waals surface area contributed by atoms with Crippen LogP contribution in [0.15, 0.2) is 47.5 Å². The van der Waals surface area contributed by atoms with Gasteiger partial charge in [0.25, 0.3) is 5.91 Å². The molecule has 1 unspecified atom stereocenters. The zero-order chi connectivity index (χ0) is 21.5. The first kappa shape index (κ1) is 21.5. The number of rotatable bonds is 6. The van der Waals surface area contributed by atoms with E-state index in [2.05, 4.69) is 20.9 Å². The molecule has 160 valence electrons. The molecule has 1 aliphatic rings. The maximum absolute atomic E-state index is 14.0. The van der Waals surface area contributed by atoms with Crippen LogP contribution < -0.4 is 20.9 Å². The topological polar surface area (TPSA) is 68.8 Å². The van der Waals surface area contributed by atoms with Gasteiger partial charge in [-0.1, -0.05) is 12.1 Å². The summed E-state index contributed by atoms with van der Waals surface area (Å²) < 4.78 is 27.2. The molecule has 0 spiro atoms. The number of nitrogens with one attached hydrogen (secondary N) is 3. The molecule has 1 fully saturated rings. The molecule has 1 atom stereocenters. The molecule has 0 aliphatic carbocycles. The first-order valence-electron chi connectivity index (χ1n) is 10.0. The van der Waals surface area contributed by atoms with Gasteiger partial charge in [0.2, 0.25) is 0 Å². The maximum atomic E-state index is 14.0. The van der Waals surface area contributed by atoms with E-state index >= 15 is 0 Å². The van der Waals surface area contributed by atoms with E-state index in [0.717, 1.165) is 18.1 Å². The van der Waals surface area contributed by atoms with Gasteiger partial charge in [-0.05, 0) is 43.2 Å². The van der Waals surface area contributed by atoms with Crippen molar-refractivity contribution in [1.82, 2.24) is 16.0 Å². The second-order valence-electron chi connectivity index (χ2n) is 7.16. The van der Waals surface area contributed by atoms with Gasteiger partial charge in [0.1, 0.15) is 11.6 Å². The Bertz CT molecular complexity index is 918. The fourth-order valence-corrected chi connectivity index (χ4v) is 3.49. The van der Waals surface area contributed by atoms with E-state index in [1.165, 1.54) is 12.1 Å². The lowest BCUT2D eigenvalue weighted by molar-refractivity contribution is 0.0955. The summed E-state index contributed by atoms with van der Waals surface area (Å²) in [7, 11) is 1.69. The summed E-state index contributed by atoms with van der Waals surface area (Å²) in [6.45, 7) is 4.24. The Morgan fingerprint density at radius 3 is 2.77 bits per heavy atom. The van der Waals surface area contributed by atoms with E-state index in [0.29, 0.717) is 43.4 Å². The first-order chi connectivity index (χ1) is 14.5. The van der Waals surface area contributed by atoms with Crippen LogP contribution in [0.4, 0.5) is 14.5 Å². The summed E-state index contributed by atoms with van der Waals surface area (Å²) in [4.78, 5) is 18.1. The summed E-state index contributed by atoms with van der Waals surface area (Å²) >= 11 is 0. The van der Waals surface area contributed by atoms with Gasteiger partial charge in [-0.25, -0.2) is 8.78 Å². The van der Waals surface area contributed by atoms with Crippen molar-refractivity contribution < 1.29 is 13.6 Å². The molecule has 1 amide bonds. The van der Waals surface area contributed by atoms with Gasteiger partial charge >= 0.3 is 0 Å². The van der Waals surface area contributed by atoms with Crippen LogP contribution in [0.1, 0.15) is 29.3 Å². The van der Waals surface area contributed by atoms with Crippen LogP contribution in [0.25, 0.3) is 0 Å². The third-order valence-electron chi connectivity index (χ3n) is 4.99. The minimum Gasteiger partial charge on any atom is -0.367 e. The summed E-state index contributed by atoms with van der Waals surface area (Å²) in [5, 5.41) is 9.39. The van der Waals surface area contributed by atoms with Crippen molar-refractivity contribution in [2.75, 3.05) is 31.6 Å². The number of amides is 1. The molecule has 0 saturated carbocycles. The molecule has 0 aromatic heterocycles. The smallest absolute Gasteiger partial charge is 0.251 e. The molecule has 30 heavy (non-hydrogen) atoms. The van der Waals surface area contributed by atoms with Crippen LogP contribution in [0.5, 0.6) is 0 Å². The number of carbonyl (C=O) groups is 1. The second kappa shape index (κ2) is 10.0. The second-order valence-corrected chi connectivity index (χ2v) is 7.16. The van der Waals surface area contributed by atoms with Crippen molar-refractivity contribution in [2.24, 2.45) is 4.99 Å². The Kier molecular flexibility index (Phi) is 7.21. The van der Waals surface area contributed by atoms with E-state index in [-0.39, 0.29) is 11.9 Å². The Hall–Kier alpha value is -3.16. The number of halogens is 2. The molecule has 3 N–H and O–H groups in total. The zero-order valence-electron chi connectivity index (χ0n) is 17.2. The molecule has 1 heterocycles. The van der Waals surface area contributed by atoms with Crippen molar-refractivity contribution in [3.63, 3.8) is 0 Å². The van der Waals surface area contributed by atoms with Crippen molar-refractivity contribution in [2.45, 2.75) is 25.9 Å². The lowest BCUT2D eigenvalue weighted by Gasteiger charge is -2.21. The van der Waals surface area contributed by atoms with E-state index in [1.807, 2.05) is 30.0 Å². The Balaban J connectivity index is 1.54. The van der Waals surface area contributed by atoms with Crippen LogP contribution in [-0.4, -0.2) is 44.6 Å². The molecule has 8 heteroatoms. The molecule has 0 radical (unpaired) electrons. The molecule has 2 aromatic carbocycles. The zero-order valence-corrected chi connectivity index (χ0v) is 17.2. The highest BCUT2D eigenvalue weighted by atomic mass is 19.1. The van der Waals surface area contributed by atoms with E-state index < -0.39 is 11.6 Å². The Morgan fingerprint density at radius 2 is 2.03 bits per heavy atom. The fraction of sp³-hybridized carbons (Fsp3) is 0.364. The third-order valence-corrected chi connectivity index (χ3v) is 4.99. The molecule has 1 aliphatic heterocycles. The van der Waals surface area contributed by atoms with Gasteiger partial charge in [-0.15, -0.1) is 0 Å². The van der Waals surface area contributed by atoms with Crippen LogP contribution in [-0.2, 0) is 6.54 Å². The van der Waals surface area contributed by atoms with E-state index in [4.69, 9.17) is 0 Å². The Labute approximate surface area is 175 Å². The number of hydrogen-bond acceptors (Lipinski definition) is 3. The Morgan fingerprint density at radius 1 is 1.20 bits per heavy atom. The van der Waals surface area contributed by atoms with Crippen molar-refractivity contribution in [3.05, 3.63) is 65.2 Å². The van der Waals surface area contributed by atoms with Crippen LogP contribution in [0.2, 0.25) is 0 Å². The minimum atomic E-state index is -0.578. The molecular weight excluding hydrogens is 388 g/mol. The molecule has 1 saturated heterocycles. The summed E-state index contributed by atoms with van der Waals surface area (Å²) in [6, 6.07) is 11.2. The predicted molar refractivity (Wildman–Crippen MR) is 115 cm³/mol. The van der Waals surface area contributed by atoms with Crippen molar-refractivity contribution >= 4 is 17.6 Å². The molecular formula is C22H27F2N5O. The number of anilines is 1. The lowest BCUT2D eigenvalue weighted by atomic mass is 10.1. The van der Waals surface area contributed by atoms with Crippen molar-refractivity contribution in [1.29, 1.82) is 0 Å². The van der Waals surface area contributed by atoms with Crippen LogP contribution >= 0.6 is 0 Å². The highest BCUT2D eigenvalue weighted by Gasteiger charge is 2.25. The molecule has 0 bridgehead atoms. The average Bonchev–Trinajstić information content (AvgIpc) is 3.19. The minimum absolute atomic E-state index is 0.0855. The first-order valence-corrected chi connectivity index (χ1v) is 10.0. The SMILES string of the molecule is CCNC(=O)c1cccc(CNC(=NC)NC2CCN(c3ccc(F)cc3F)C2)c1. The highest BCUT2D eigenvalue weighted by molar-refractivity contribution is 5.94. The van der Waals surface area contributed by atoms with Crippen LogP contribution in [0.3, 0.4) is 0 Å². The maximum Gasteiger partial charge on any atom is 0.251 e. The molecule has 3 rings (SSSR count). The highest BCUT2D eigenvalue weighted by Crippen LogP contribution is 2.24. The van der Waals surface area contributed by atoms with Gasteiger partial charge in [-0.3, -0.25) is 9.79 Å². The van der Waals surface area contributed by atoms with Gasteiger partial charge in [-0.2, -0.15) is 0 Å². The third kappa shape index (κ3) is 5.46. The summed E-state index contributed by atoms with van der Waals surface area (Å²) in [5.74, 6) is -0.595. The van der Waals surface area contributed by atoms with E-state index in [1.54, 1.807) is 13.1 Å². The summed E-state index contributed by atoms with van der Waals surface area (Å²) in [5.41, 5.74) is 1.99. The lowest BCUT2D eigenvalue weighted by Crippen LogP contribution is -2.44. The van der Waals surface area contributed by atoms with Gasteiger partial charge in [0, 0.05) is 50.9 Å². The number of benzene rings is 2. The number of hydrogen-bond donors (Lipinski definition) is 3. The number of nitrogens with zero attached hydrogens (tertiary/aromatic N) is 2. The number of carbonyl (C=O) groups excluding carboxylic acids is 1. The van der Waals surface area contributed by atoms with Gasteiger partial charge in [0.05, 0.1) is 5.69 Å². The van der Waals surface area contributed by atoms with Crippen LogP contribution in [0, 0.1) is 11.6 Å². The molecule has 2 aromatic rings. The van der Waals surface area contributed by atoms with Gasteiger partial charge < -0.3 is 20.9 Å². The number of guanidine groups is 1. The standard InChI is InChI=1S/C22H27F2N5O/c1-3-26-21(30)16-6-4-5-15(11-16)13-27-22(25-2)28-18-9-10-29(14-18)20-8-7-17(23)12-19(20)24/h4-8,11-12,18H,3,9-10,13-14H2,1-2H3,(H,26,30)(H2,25,27,28). The predicted octanol–water partition coefficient (Wildman–Crippen LogP) is 2.66. The largest absolute Gasteiger partial charge is 0.367 e. The normalized spacial score (nSPS) is 16.5. The van der Waals surface area contributed by atoms with E-state index in [9.17, 15) is 13.6 Å². The monoisotopic (exact) mass is 415 g/mol. The average molecular weight is 415 g/mol. The van der Waals surface area contributed by atoms with Gasteiger partial charge in [0.15, 0.2) is 5.96 Å². The van der Waals surface area contributed by atoms with Crippen molar-refractivity contribution in [3.8, 4) is 0 Å². The quantitative estimate of drug-likeness (QED) is 0.501. The number of aliphatic imine (C=N–C) groups is 1. The fourth-order valence-electron chi connectivity index (χ4n) is 3.49.